The molecule has 0 aromatic heterocycles. The number of hydrogen-bond donors (Lipinski definition) is 3. The molecule has 2 aromatic rings. The number of ether oxygens (including phenoxy) is 2. The molecular weight excluding hydrogens is 370 g/mol. The quantitative estimate of drug-likeness (QED) is 0.621. The number of benzene rings is 2. The van der Waals surface area contributed by atoms with E-state index in [0.717, 1.165) is 12.8 Å². The Hall–Kier alpha value is -2.78. The van der Waals surface area contributed by atoms with Crippen LogP contribution in [0.25, 0.3) is 0 Å². The predicted molar refractivity (Wildman–Crippen MR) is 102 cm³/mol. The maximum absolute atomic E-state index is 12.6. The van der Waals surface area contributed by atoms with E-state index >= 15 is 0 Å². The van der Waals surface area contributed by atoms with Gasteiger partial charge in [0.2, 0.25) is 10.0 Å². The van der Waals surface area contributed by atoms with E-state index in [9.17, 15) is 13.2 Å². The van der Waals surface area contributed by atoms with Gasteiger partial charge in [-0.2, -0.15) is 0 Å². The molecule has 0 unspecified atom stereocenters. The van der Waals surface area contributed by atoms with Crippen LogP contribution >= 0.6 is 0 Å². The summed E-state index contributed by atoms with van der Waals surface area (Å²) in [5.41, 5.74) is 6.78. The van der Waals surface area contributed by atoms with E-state index in [1.807, 2.05) is 0 Å². The minimum Gasteiger partial charge on any atom is -0.497 e. The molecule has 1 aliphatic carbocycles. The topological polar surface area (TPSA) is 120 Å². The zero-order valence-corrected chi connectivity index (χ0v) is 15.8. The molecule has 27 heavy (non-hydrogen) atoms. The van der Waals surface area contributed by atoms with Gasteiger partial charge in [-0.3, -0.25) is 4.79 Å². The molecule has 3 rings (SSSR count). The second-order valence-corrected chi connectivity index (χ2v) is 7.85. The van der Waals surface area contributed by atoms with Crippen LogP contribution in [0, 0.1) is 0 Å². The lowest BCUT2D eigenvalue weighted by Gasteiger charge is -2.13. The fraction of sp³-hybridized carbons (Fsp3) is 0.278. The molecule has 1 fully saturated rings. The average molecular weight is 391 g/mol. The van der Waals surface area contributed by atoms with E-state index in [-0.39, 0.29) is 22.3 Å². The van der Waals surface area contributed by atoms with E-state index in [1.165, 1.54) is 32.4 Å². The van der Waals surface area contributed by atoms with E-state index in [1.54, 1.807) is 18.2 Å². The lowest BCUT2D eigenvalue weighted by molar-refractivity contribution is 0.102. The minimum atomic E-state index is -3.79. The van der Waals surface area contributed by atoms with Crippen LogP contribution in [-0.2, 0) is 10.0 Å². The van der Waals surface area contributed by atoms with Crippen LogP contribution in [0.5, 0.6) is 11.5 Å². The second kappa shape index (κ2) is 7.45. The van der Waals surface area contributed by atoms with Gasteiger partial charge < -0.3 is 20.5 Å². The number of carbonyl (C=O) groups is 1. The van der Waals surface area contributed by atoms with Crippen LogP contribution in [0.1, 0.15) is 23.2 Å². The summed E-state index contributed by atoms with van der Waals surface area (Å²) in [5, 5.41) is 2.67. The first-order valence-corrected chi connectivity index (χ1v) is 9.77. The maximum atomic E-state index is 12.6. The second-order valence-electron chi connectivity index (χ2n) is 6.17. The highest BCUT2D eigenvalue weighted by molar-refractivity contribution is 7.89. The number of nitrogens with two attached hydrogens (primary N) is 1. The Morgan fingerprint density at radius 3 is 2.48 bits per heavy atom. The predicted octanol–water partition coefficient (Wildman–Crippen LogP) is 1.98. The van der Waals surface area contributed by atoms with Crippen LogP contribution in [0.4, 0.5) is 11.4 Å². The van der Waals surface area contributed by atoms with Crippen molar-refractivity contribution in [2.24, 2.45) is 0 Å². The smallest absolute Gasteiger partial charge is 0.255 e. The Balaban J connectivity index is 1.90. The van der Waals surface area contributed by atoms with E-state index in [0.29, 0.717) is 17.1 Å². The maximum Gasteiger partial charge on any atom is 0.255 e. The number of amides is 1. The van der Waals surface area contributed by atoms with Crippen molar-refractivity contribution in [3.05, 3.63) is 42.0 Å². The third-order valence-electron chi connectivity index (χ3n) is 4.12. The molecule has 0 spiro atoms. The summed E-state index contributed by atoms with van der Waals surface area (Å²) in [5.74, 6) is 0.201. The normalized spacial score (nSPS) is 13.9. The lowest BCUT2D eigenvalue weighted by Crippen LogP contribution is -2.26. The monoisotopic (exact) mass is 391 g/mol. The number of nitrogens with one attached hydrogen (secondary N) is 2. The summed E-state index contributed by atoms with van der Waals surface area (Å²) in [4.78, 5) is 12.5. The van der Waals surface area contributed by atoms with Gasteiger partial charge in [0.05, 0.1) is 25.6 Å². The van der Waals surface area contributed by atoms with Crippen molar-refractivity contribution in [2.75, 3.05) is 25.3 Å². The molecule has 4 N–H and O–H groups in total. The summed E-state index contributed by atoms with van der Waals surface area (Å²) in [6.45, 7) is 0. The molecule has 9 heteroatoms. The minimum absolute atomic E-state index is 0.0613. The third-order valence-corrected chi connectivity index (χ3v) is 5.66. The highest BCUT2D eigenvalue weighted by Crippen LogP contribution is 2.29. The standard InChI is InChI=1S/C18H21N3O5S/c1-25-13-6-7-14(19)15(10-13)20-18(22)11-3-8-16(26-2)17(9-11)27(23,24)21-12-4-5-12/h3,6-10,12,21H,4-5,19H2,1-2H3,(H,20,22). The first-order valence-electron chi connectivity index (χ1n) is 8.29. The van der Waals surface area contributed by atoms with Crippen molar-refractivity contribution in [2.45, 2.75) is 23.8 Å². The molecule has 1 aliphatic rings. The summed E-state index contributed by atoms with van der Waals surface area (Å²) in [6.07, 6.45) is 1.60. The van der Waals surface area contributed by atoms with Crippen LogP contribution in [0.3, 0.4) is 0 Å². The van der Waals surface area contributed by atoms with Gasteiger partial charge in [0, 0.05) is 17.7 Å². The molecular formula is C18H21N3O5S. The zero-order chi connectivity index (χ0) is 19.6. The van der Waals surface area contributed by atoms with Crippen molar-refractivity contribution in [1.29, 1.82) is 0 Å². The first kappa shape index (κ1) is 19.0. The molecule has 144 valence electrons. The van der Waals surface area contributed by atoms with Gasteiger partial charge in [0.1, 0.15) is 16.4 Å². The Kier molecular flexibility index (Phi) is 5.24. The van der Waals surface area contributed by atoms with Crippen molar-refractivity contribution < 1.29 is 22.7 Å². The molecule has 1 saturated carbocycles. The molecule has 0 heterocycles. The highest BCUT2D eigenvalue weighted by Gasteiger charge is 2.30. The van der Waals surface area contributed by atoms with Crippen molar-refractivity contribution >= 4 is 27.3 Å². The summed E-state index contributed by atoms with van der Waals surface area (Å²) < 4.78 is 38.0. The first-order chi connectivity index (χ1) is 12.8. The van der Waals surface area contributed by atoms with Crippen molar-refractivity contribution in [3.63, 3.8) is 0 Å². The Morgan fingerprint density at radius 2 is 1.85 bits per heavy atom. The van der Waals surface area contributed by atoms with Gasteiger partial charge >= 0.3 is 0 Å². The summed E-state index contributed by atoms with van der Waals surface area (Å²) in [7, 11) is -0.905. The van der Waals surface area contributed by atoms with E-state index in [4.69, 9.17) is 15.2 Å². The fourth-order valence-electron chi connectivity index (χ4n) is 2.48. The third kappa shape index (κ3) is 4.32. The van der Waals surface area contributed by atoms with E-state index < -0.39 is 15.9 Å². The van der Waals surface area contributed by atoms with Crippen LogP contribution in [0.15, 0.2) is 41.3 Å². The summed E-state index contributed by atoms with van der Waals surface area (Å²) in [6, 6.07) is 9.03. The Labute approximate surface area is 157 Å². The number of rotatable bonds is 7. The zero-order valence-electron chi connectivity index (χ0n) is 15.0. The number of hydrogen-bond acceptors (Lipinski definition) is 6. The average Bonchev–Trinajstić information content (AvgIpc) is 3.46. The SMILES string of the molecule is COc1ccc(N)c(NC(=O)c2ccc(OC)c(S(=O)(=O)NC3CC3)c2)c1. The van der Waals surface area contributed by atoms with Gasteiger partial charge in [0.25, 0.3) is 5.91 Å². The number of methoxy groups -OCH3 is 2. The Bertz CT molecular complexity index is 971. The van der Waals surface area contributed by atoms with Crippen LogP contribution < -0.4 is 25.2 Å². The Morgan fingerprint density at radius 1 is 1.11 bits per heavy atom. The molecule has 0 radical (unpaired) electrons. The number of nitrogen functional groups attached to an aromatic ring is 1. The van der Waals surface area contributed by atoms with Gasteiger partial charge in [-0.1, -0.05) is 0 Å². The van der Waals surface area contributed by atoms with Crippen molar-refractivity contribution in [1.82, 2.24) is 4.72 Å². The van der Waals surface area contributed by atoms with Gasteiger partial charge in [-0.15, -0.1) is 0 Å². The van der Waals surface area contributed by atoms with Gasteiger partial charge in [-0.05, 0) is 43.2 Å². The van der Waals surface area contributed by atoms with E-state index in [2.05, 4.69) is 10.0 Å². The molecule has 0 aliphatic heterocycles. The van der Waals surface area contributed by atoms with Gasteiger partial charge in [-0.25, -0.2) is 13.1 Å². The number of sulfonamides is 1. The molecule has 0 saturated heterocycles. The molecule has 0 atom stereocenters. The fourth-order valence-corrected chi connectivity index (χ4v) is 3.98. The van der Waals surface area contributed by atoms with Crippen molar-refractivity contribution in [3.8, 4) is 11.5 Å². The molecule has 2 aromatic carbocycles. The molecule has 1 amide bonds. The summed E-state index contributed by atoms with van der Waals surface area (Å²) >= 11 is 0. The number of carbonyl (C=O) groups excluding carboxylic acids is 1. The largest absolute Gasteiger partial charge is 0.497 e. The lowest BCUT2D eigenvalue weighted by atomic mass is 10.2. The molecule has 0 bridgehead atoms. The van der Waals surface area contributed by atoms with Gasteiger partial charge in [0.15, 0.2) is 0 Å². The molecule has 8 nitrogen and oxygen atoms in total. The van der Waals surface area contributed by atoms with Crippen LogP contribution in [-0.4, -0.2) is 34.6 Å². The number of anilines is 2. The van der Waals surface area contributed by atoms with Crippen LogP contribution in [0.2, 0.25) is 0 Å². The highest BCUT2D eigenvalue weighted by atomic mass is 32.2.